The van der Waals surface area contributed by atoms with Crippen LogP contribution in [0.5, 0.6) is 0 Å². The van der Waals surface area contributed by atoms with E-state index in [4.69, 9.17) is 0 Å². The highest BCUT2D eigenvalue weighted by Crippen LogP contribution is 2.22. The van der Waals surface area contributed by atoms with E-state index in [1.165, 1.54) is 24.2 Å². The molecule has 2 heterocycles. The van der Waals surface area contributed by atoms with Gasteiger partial charge < -0.3 is 5.32 Å². The van der Waals surface area contributed by atoms with Crippen LogP contribution in [0.4, 0.5) is 5.82 Å². The second-order valence-corrected chi connectivity index (χ2v) is 3.73. The molecule has 1 aromatic heterocycles. The number of hydrogen-bond donors (Lipinski definition) is 1. The fraction of sp³-hybridized carbons (Fsp3) is 0.500. The zero-order chi connectivity index (χ0) is 9.38. The van der Waals surface area contributed by atoms with Gasteiger partial charge in [0.1, 0.15) is 5.69 Å². The summed E-state index contributed by atoms with van der Waals surface area (Å²) in [6.07, 6.45) is 6.35. The summed E-state index contributed by atoms with van der Waals surface area (Å²) in [5, 5.41) is 3.05. The zero-order valence-corrected chi connectivity index (χ0v) is 7.95. The molecule has 1 aromatic rings. The van der Waals surface area contributed by atoms with E-state index in [9.17, 15) is 0 Å². The molecule has 0 saturated heterocycles. The molecule has 72 valence electrons. The molecule has 4 nitrogen and oxygen atoms in total. The van der Waals surface area contributed by atoms with Gasteiger partial charge in [0.05, 0.1) is 24.3 Å². The molecular weight excluding hydrogens is 176 g/mol. The Morgan fingerprint density at radius 1 is 1.00 bits per heavy atom. The van der Waals surface area contributed by atoms with Gasteiger partial charge in [-0.3, -0.25) is 9.98 Å². The van der Waals surface area contributed by atoms with Crippen LogP contribution < -0.4 is 5.32 Å². The fourth-order valence-electron chi connectivity index (χ4n) is 1.99. The summed E-state index contributed by atoms with van der Waals surface area (Å²) in [5.41, 5.74) is 3.36. The lowest BCUT2D eigenvalue weighted by Gasteiger charge is -2.18. The van der Waals surface area contributed by atoms with E-state index >= 15 is 0 Å². The van der Waals surface area contributed by atoms with Crippen molar-refractivity contribution >= 4 is 12.2 Å². The quantitative estimate of drug-likeness (QED) is 0.667. The third kappa shape index (κ3) is 1.18. The maximum Gasteiger partial charge on any atom is 0.155 e. The Balaban J connectivity index is 2.09. The molecule has 0 fully saturated rings. The van der Waals surface area contributed by atoms with Crippen molar-refractivity contribution < 1.29 is 0 Å². The minimum atomic E-state index is 0.669. The SMILES string of the molecule is C1=NCc2nc3c(nc2N1)CCCC3. The number of rotatable bonds is 0. The summed E-state index contributed by atoms with van der Waals surface area (Å²) in [4.78, 5) is 13.3. The van der Waals surface area contributed by atoms with Crippen LogP contribution in [0, 0.1) is 0 Å². The number of anilines is 1. The zero-order valence-electron chi connectivity index (χ0n) is 7.95. The van der Waals surface area contributed by atoms with Gasteiger partial charge in [0.25, 0.3) is 0 Å². The van der Waals surface area contributed by atoms with Gasteiger partial charge >= 0.3 is 0 Å². The van der Waals surface area contributed by atoms with Crippen molar-refractivity contribution in [1.82, 2.24) is 9.97 Å². The lowest BCUT2D eigenvalue weighted by molar-refractivity contribution is 0.644. The van der Waals surface area contributed by atoms with Gasteiger partial charge in [-0.05, 0) is 25.7 Å². The molecule has 3 rings (SSSR count). The Hall–Kier alpha value is -1.45. The van der Waals surface area contributed by atoms with E-state index < -0.39 is 0 Å². The monoisotopic (exact) mass is 188 g/mol. The van der Waals surface area contributed by atoms with E-state index in [0.29, 0.717) is 6.54 Å². The number of nitrogens with zero attached hydrogens (tertiary/aromatic N) is 3. The Labute approximate surface area is 82.5 Å². The highest BCUT2D eigenvalue weighted by atomic mass is 15.1. The van der Waals surface area contributed by atoms with Crippen LogP contribution in [0.25, 0.3) is 0 Å². The molecule has 0 aromatic carbocycles. The van der Waals surface area contributed by atoms with Crippen molar-refractivity contribution in [2.45, 2.75) is 32.2 Å². The largest absolute Gasteiger partial charge is 0.330 e. The van der Waals surface area contributed by atoms with Crippen molar-refractivity contribution in [2.24, 2.45) is 4.99 Å². The smallest absolute Gasteiger partial charge is 0.155 e. The normalized spacial score (nSPS) is 18.3. The number of nitrogens with one attached hydrogen (secondary N) is 1. The van der Waals surface area contributed by atoms with Crippen molar-refractivity contribution in [2.75, 3.05) is 5.32 Å². The Kier molecular flexibility index (Phi) is 1.72. The molecule has 1 N–H and O–H groups in total. The first-order valence-corrected chi connectivity index (χ1v) is 5.07. The molecule has 0 bridgehead atoms. The van der Waals surface area contributed by atoms with Gasteiger partial charge in [-0.1, -0.05) is 0 Å². The third-order valence-electron chi connectivity index (χ3n) is 2.73. The average Bonchev–Trinajstić information content (AvgIpc) is 2.26. The minimum Gasteiger partial charge on any atom is -0.330 e. The molecule has 1 aliphatic heterocycles. The summed E-state index contributed by atoms with van der Waals surface area (Å²) >= 11 is 0. The van der Waals surface area contributed by atoms with Crippen LogP contribution in [0.15, 0.2) is 4.99 Å². The molecule has 4 heteroatoms. The van der Waals surface area contributed by atoms with E-state index in [-0.39, 0.29) is 0 Å². The van der Waals surface area contributed by atoms with Crippen LogP contribution in [-0.2, 0) is 19.4 Å². The van der Waals surface area contributed by atoms with Crippen LogP contribution >= 0.6 is 0 Å². The van der Waals surface area contributed by atoms with E-state index in [2.05, 4.69) is 20.3 Å². The van der Waals surface area contributed by atoms with Crippen molar-refractivity contribution in [1.29, 1.82) is 0 Å². The second kappa shape index (κ2) is 3.04. The molecule has 0 amide bonds. The van der Waals surface area contributed by atoms with Gasteiger partial charge in [-0.2, -0.15) is 0 Å². The second-order valence-electron chi connectivity index (χ2n) is 3.73. The number of aliphatic imine (C=N–C) groups is 1. The van der Waals surface area contributed by atoms with E-state index in [1.807, 2.05) is 0 Å². The van der Waals surface area contributed by atoms with Crippen LogP contribution in [0.3, 0.4) is 0 Å². The predicted molar refractivity (Wildman–Crippen MR) is 54.5 cm³/mol. The molecule has 0 unspecified atom stereocenters. The van der Waals surface area contributed by atoms with Gasteiger partial charge in [0.15, 0.2) is 5.82 Å². The first kappa shape index (κ1) is 7.91. The molecule has 1 aliphatic carbocycles. The van der Waals surface area contributed by atoms with Crippen LogP contribution in [0.1, 0.15) is 29.9 Å². The van der Waals surface area contributed by atoms with Gasteiger partial charge in [-0.15, -0.1) is 0 Å². The maximum absolute atomic E-state index is 4.62. The highest BCUT2D eigenvalue weighted by Gasteiger charge is 2.17. The van der Waals surface area contributed by atoms with E-state index in [0.717, 1.165) is 24.4 Å². The predicted octanol–water partition coefficient (Wildman–Crippen LogP) is 1.31. The first-order chi connectivity index (χ1) is 6.93. The lowest BCUT2D eigenvalue weighted by atomic mass is 10.0. The van der Waals surface area contributed by atoms with Gasteiger partial charge in [0, 0.05) is 0 Å². The molecular formula is C10H12N4. The van der Waals surface area contributed by atoms with Crippen LogP contribution in [-0.4, -0.2) is 16.3 Å². The van der Waals surface area contributed by atoms with Crippen molar-refractivity contribution in [3.63, 3.8) is 0 Å². The summed E-state index contributed by atoms with van der Waals surface area (Å²) in [7, 11) is 0. The molecule has 0 atom stereocenters. The van der Waals surface area contributed by atoms with E-state index in [1.54, 1.807) is 6.34 Å². The van der Waals surface area contributed by atoms with Crippen molar-refractivity contribution in [3.8, 4) is 0 Å². The number of fused-ring (bicyclic) bond motifs is 2. The molecule has 14 heavy (non-hydrogen) atoms. The fourth-order valence-corrected chi connectivity index (χ4v) is 1.99. The molecule has 2 aliphatic rings. The first-order valence-electron chi connectivity index (χ1n) is 5.07. The number of aromatic nitrogens is 2. The topological polar surface area (TPSA) is 50.2 Å². The summed E-state index contributed by atoms with van der Waals surface area (Å²) in [5.74, 6) is 0.903. The lowest BCUT2D eigenvalue weighted by Crippen LogP contribution is -2.16. The maximum atomic E-state index is 4.62. The Morgan fingerprint density at radius 3 is 2.64 bits per heavy atom. The molecule has 0 saturated carbocycles. The molecule has 0 radical (unpaired) electrons. The molecule has 0 spiro atoms. The van der Waals surface area contributed by atoms with Gasteiger partial charge in [-0.25, -0.2) is 4.98 Å². The highest BCUT2D eigenvalue weighted by molar-refractivity contribution is 5.76. The summed E-state index contributed by atoms with van der Waals surface area (Å²) in [6, 6.07) is 0. The third-order valence-corrected chi connectivity index (χ3v) is 2.73. The summed E-state index contributed by atoms with van der Waals surface area (Å²) < 4.78 is 0. The number of aryl methyl sites for hydroxylation is 2. The Morgan fingerprint density at radius 2 is 1.79 bits per heavy atom. The van der Waals surface area contributed by atoms with Crippen LogP contribution in [0.2, 0.25) is 0 Å². The standard InChI is InChI=1S/C10H12N4/c1-2-4-8-7(3-1)13-9-5-11-6-12-10(9)14-8/h6H,1-5H2,(H,11,12,14). The average molecular weight is 188 g/mol. The minimum absolute atomic E-state index is 0.669. The number of hydrogen-bond acceptors (Lipinski definition) is 4. The van der Waals surface area contributed by atoms with Gasteiger partial charge in [0.2, 0.25) is 0 Å². The van der Waals surface area contributed by atoms with Crippen molar-refractivity contribution in [3.05, 3.63) is 17.1 Å². The Bertz CT molecular complexity index is 360. The summed E-state index contributed by atoms with van der Waals surface area (Å²) in [6.45, 7) is 0.669.